The van der Waals surface area contributed by atoms with Crippen molar-refractivity contribution in [3.8, 4) is 0 Å². The Bertz CT molecular complexity index is 582. The average Bonchev–Trinajstić information content (AvgIpc) is 3.00. The average molecular weight is 375 g/mol. The quantitative estimate of drug-likeness (QED) is 0.639. The predicted octanol–water partition coefficient (Wildman–Crippen LogP) is 5.51. The first-order chi connectivity index (χ1) is 13.0. The Morgan fingerprint density at radius 3 is 2.59 bits per heavy atom. The van der Waals surface area contributed by atoms with E-state index in [4.69, 9.17) is 9.47 Å². The molecular weight excluding hydrogens is 336 g/mol. The zero-order valence-electron chi connectivity index (χ0n) is 17.4. The second kappa shape index (κ2) is 6.83. The fourth-order valence-electron chi connectivity index (χ4n) is 8.22. The van der Waals surface area contributed by atoms with Crippen molar-refractivity contribution in [1.82, 2.24) is 0 Å². The van der Waals surface area contributed by atoms with Crippen LogP contribution in [-0.4, -0.2) is 24.8 Å². The summed E-state index contributed by atoms with van der Waals surface area (Å²) in [6, 6.07) is 0. The first-order valence-corrected chi connectivity index (χ1v) is 11.8. The molecule has 1 heterocycles. The monoisotopic (exact) mass is 374 g/mol. The van der Waals surface area contributed by atoms with Gasteiger partial charge in [0.1, 0.15) is 5.78 Å². The third-order valence-electron chi connectivity index (χ3n) is 9.85. The van der Waals surface area contributed by atoms with Gasteiger partial charge in [-0.3, -0.25) is 4.79 Å². The first-order valence-electron chi connectivity index (χ1n) is 11.8. The number of ketones is 1. The Morgan fingerprint density at radius 1 is 0.926 bits per heavy atom. The Hall–Kier alpha value is -0.410. The molecule has 0 aromatic carbocycles. The number of ether oxygens (including phenoxy) is 2. The molecule has 3 nitrogen and oxygen atoms in total. The second-order valence-electron chi connectivity index (χ2n) is 10.9. The predicted molar refractivity (Wildman–Crippen MR) is 105 cm³/mol. The van der Waals surface area contributed by atoms with Gasteiger partial charge in [0.15, 0.2) is 6.29 Å². The van der Waals surface area contributed by atoms with Crippen molar-refractivity contribution in [2.45, 2.75) is 103 Å². The molecule has 4 aliphatic carbocycles. The van der Waals surface area contributed by atoms with Gasteiger partial charge in [-0.15, -0.1) is 0 Å². The molecule has 0 N–H and O–H groups in total. The van der Waals surface area contributed by atoms with E-state index in [2.05, 4.69) is 13.8 Å². The molecule has 1 aliphatic heterocycles. The van der Waals surface area contributed by atoms with Crippen LogP contribution in [0.2, 0.25) is 0 Å². The Kier molecular flexibility index (Phi) is 4.71. The normalized spacial score (nSPS) is 52.7. The zero-order valence-corrected chi connectivity index (χ0v) is 17.4. The van der Waals surface area contributed by atoms with Crippen LogP contribution in [0.4, 0.5) is 0 Å². The van der Waals surface area contributed by atoms with Gasteiger partial charge in [-0.2, -0.15) is 0 Å². The molecule has 0 aromatic heterocycles. The summed E-state index contributed by atoms with van der Waals surface area (Å²) in [6.07, 6.45) is 14.7. The van der Waals surface area contributed by atoms with E-state index in [1.54, 1.807) is 0 Å². The highest BCUT2D eigenvalue weighted by molar-refractivity contribution is 5.79. The van der Waals surface area contributed by atoms with Crippen molar-refractivity contribution < 1.29 is 14.3 Å². The van der Waals surface area contributed by atoms with E-state index < -0.39 is 0 Å². The molecule has 0 radical (unpaired) electrons. The van der Waals surface area contributed by atoms with Crippen molar-refractivity contribution in [3.63, 3.8) is 0 Å². The van der Waals surface area contributed by atoms with Crippen LogP contribution in [0.3, 0.4) is 0 Å². The molecule has 0 aromatic rings. The number of hydrogen-bond donors (Lipinski definition) is 0. The van der Waals surface area contributed by atoms with Gasteiger partial charge in [0.25, 0.3) is 0 Å². The second-order valence-corrected chi connectivity index (χ2v) is 10.9. The number of fused-ring (bicyclic) bond motifs is 5. The van der Waals surface area contributed by atoms with Crippen molar-refractivity contribution >= 4 is 5.78 Å². The lowest BCUT2D eigenvalue weighted by Crippen LogP contribution is -2.54. The van der Waals surface area contributed by atoms with Crippen molar-refractivity contribution in [1.29, 1.82) is 0 Å². The molecule has 0 unspecified atom stereocenters. The van der Waals surface area contributed by atoms with Gasteiger partial charge < -0.3 is 9.47 Å². The largest absolute Gasteiger partial charge is 0.353 e. The van der Waals surface area contributed by atoms with Gasteiger partial charge in [-0.1, -0.05) is 13.8 Å². The fourth-order valence-corrected chi connectivity index (χ4v) is 8.22. The maximum atomic E-state index is 12.1. The highest BCUT2D eigenvalue weighted by atomic mass is 16.7. The van der Waals surface area contributed by atoms with Crippen LogP contribution >= 0.6 is 0 Å². The van der Waals surface area contributed by atoms with Gasteiger partial charge in [-0.05, 0) is 98.7 Å². The van der Waals surface area contributed by atoms with Crippen LogP contribution in [0.5, 0.6) is 0 Å². The Labute approximate surface area is 164 Å². The SMILES string of the molecule is C[C@@]12CC[C@H]3[C@@H](CC[C@H]4CC(=O)CC[C@@]43C)[C@H]1CC[C@@H]2O[C@@H]1CCCCO1. The molecular formula is C24H38O3. The summed E-state index contributed by atoms with van der Waals surface area (Å²) in [7, 11) is 0. The van der Waals surface area contributed by atoms with E-state index >= 15 is 0 Å². The zero-order chi connectivity index (χ0) is 18.6. The van der Waals surface area contributed by atoms with Crippen LogP contribution in [0, 0.1) is 34.5 Å². The van der Waals surface area contributed by atoms with Crippen LogP contribution in [0.25, 0.3) is 0 Å². The summed E-state index contributed by atoms with van der Waals surface area (Å²) < 4.78 is 12.5. The summed E-state index contributed by atoms with van der Waals surface area (Å²) in [5.41, 5.74) is 0.763. The standard InChI is InChI=1S/C24H38O3/c1-23-12-10-17(25)15-16(23)6-7-18-19-8-9-21(24(19,2)13-11-20(18)23)27-22-5-3-4-14-26-22/h16,18-22H,3-15H2,1-2H3/t16-,18-,19+,20-,21-,22+,23-,24+/m0/s1. The van der Waals surface area contributed by atoms with E-state index in [-0.39, 0.29) is 6.29 Å². The molecule has 0 amide bonds. The van der Waals surface area contributed by atoms with Crippen LogP contribution in [0.1, 0.15) is 90.9 Å². The molecule has 3 heteroatoms. The highest BCUT2D eigenvalue weighted by Crippen LogP contribution is 2.66. The third-order valence-corrected chi connectivity index (χ3v) is 9.85. The summed E-state index contributed by atoms with van der Waals surface area (Å²) >= 11 is 0. The molecule has 0 bridgehead atoms. The lowest BCUT2D eigenvalue weighted by Gasteiger charge is -2.60. The number of carbonyl (C=O) groups excluding carboxylic acids is 1. The molecule has 152 valence electrons. The number of Topliss-reactive ketones (excluding diaryl/α,β-unsaturated/α-hetero) is 1. The van der Waals surface area contributed by atoms with Crippen LogP contribution in [0.15, 0.2) is 0 Å². The van der Waals surface area contributed by atoms with E-state index in [9.17, 15) is 4.79 Å². The molecule has 5 aliphatic rings. The van der Waals surface area contributed by atoms with Gasteiger partial charge in [0.05, 0.1) is 6.10 Å². The minimum Gasteiger partial charge on any atom is -0.353 e. The minimum atomic E-state index is 0.0506. The molecule has 8 atom stereocenters. The van der Waals surface area contributed by atoms with Gasteiger partial charge >= 0.3 is 0 Å². The van der Waals surface area contributed by atoms with Gasteiger partial charge in [0, 0.05) is 19.4 Å². The van der Waals surface area contributed by atoms with Gasteiger partial charge in [0.2, 0.25) is 0 Å². The fraction of sp³-hybridized carbons (Fsp3) is 0.958. The minimum absolute atomic E-state index is 0.0506. The number of hydrogen-bond acceptors (Lipinski definition) is 3. The van der Waals surface area contributed by atoms with Gasteiger partial charge in [-0.25, -0.2) is 0 Å². The summed E-state index contributed by atoms with van der Waals surface area (Å²) in [5, 5.41) is 0. The molecule has 5 fully saturated rings. The summed E-state index contributed by atoms with van der Waals surface area (Å²) in [4.78, 5) is 12.1. The molecule has 0 spiro atoms. The maximum absolute atomic E-state index is 12.1. The van der Waals surface area contributed by atoms with Crippen LogP contribution in [-0.2, 0) is 14.3 Å². The van der Waals surface area contributed by atoms with Crippen molar-refractivity contribution in [2.75, 3.05) is 6.61 Å². The first kappa shape index (κ1) is 18.6. The lowest BCUT2D eigenvalue weighted by atomic mass is 9.45. The Morgan fingerprint density at radius 2 is 1.78 bits per heavy atom. The Balaban J connectivity index is 1.33. The summed E-state index contributed by atoms with van der Waals surface area (Å²) in [6.45, 7) is 5.95. The maximum Gasteiger partial charge on any atom is 0.157 e. The topological polar surface area (TPSA) is 35.5 Å². The summed E-state index contributed by atoms with van der Waals surface area (Å²) in [5.74, 6) is 3.71. The van der Waals surface area contributed by atoms with E-state index in [0.717, 1.165) is 50.0 Å². The van der Waals surface area contributed by atoms with Crippen molar-refractivity contribution in [3.05, 3.63) is 0 Å². The smallest absolute Gasteiger partial charge is 0.157 e. The molecule has 5 rings (SSSR count). The van der Waals surface area contributed by atoms with E-state index in [0.29, 0.717) is 28.6 Å². The van der Waals surface area contributed by atoms with Crippen LogP contribution < -0.4 is 0 Å². The molecule has 4 saturated carbocycles. The molecule has 27 heavy (non-hydrogen) atoms. The lowest BCUT2D eigenvalue weighted by molar-refractivity contribution is -0.218. The number of carbonyl (C=O) groups is 1. The van der Waals surface area contributed by atoms with E-state index in [1.807, 2.05) is 0 Å². The van der Waals surface area contributed by atoms with E-state index in [1.165, 1.54) is 51.4 Å². The number of rotatable bonds is 2. The third kappa shape index (κ3) is 2.94. The molecule has 1 saturated heterocycles. The van der Waals surface area contributed by atoms with Crippen molar-refractivity contribution in [2.24, 2.45) is 34.5 Å². The highest BCUT2D eigenvalue weighted by Gasteiger charge is 2.60.